The Balaban J connectivity index is 2.39. The van der Waals surface area contributed by atoms with Gasteiger partial charge >= 0.3 is 0 Å². The largest absolute Gasteiger partial charge is 0.337 e. The van der Waals surface area contributed by atoms with Crippen LogP contribution in [0.3, 0.4) is 0 Å². The molecule has 0 radical (unpaired) electrons. The number of rotatable bonds is 2. The van der Waals surface area contributed by atoms with Crippen molar-refractivity contribution in [2.75, 3.05) is 0 Å². The summed E-state index contributed by atoms with van der Waals surface area (Å²) in [6.07, 6.45) is 0. The first kappa shape index (κ1) is 11.2. The van der Waals surface area contributed by atoms with Gasteiger partial charge in [0, 0.05) is 5.56 Å². The second-order valence-electron chi connectivity index (χ2n) is 3.37. The van der Waals surface area contributed by atoms with Crippen LogP contribution >= 0.6 is 15.9 Å². The SMILES string of the molecule is C[C@H](N)c1nc(-c2ccc(F)c(Br)c2)no1. The van der Waals surface area contributed by atoms with Gasteiger partial charge in [-0.1, -0.05) is 5.16 Å². The summed E-state index contributed by atoms with van der Waals surface area (Å²) in [5, 5.41) is 3.77. The van der Waals surface area contributed by atoms with E-state index in [-0.39, 0.29) is 11.9 Å². The second kappa shape index (κ2) is 4.31. The average molecular weight is 286 g/mol. The van der Waals surface area contributed by atoms with Gasteiger partial charge in [-0.05, 0) is 41.1 Å². The molecule has 0 unspecified atom stereocenters. The van der Waals surface area contributed by atoms with Crippen LogP contribution < -0.4 is 5.73 Å². The van der Waals surface area contributed by atoms with Crippen LogP contribution in [0.25, 0.3) is 11.4 Å². The Morgan fingerprint density at radius 1 is 1.50 bits per heavy atom. The maximum absolute atomic E-state index is 13.0. The Labute approximate surface area is 99.8 Å². The fraction of sp³-hybridized carbons (Fsp3) is 0.200. The van der Waals surface area contributed by atoms with E-state index in [9.17, 15) is 4.39 Å². The van der Waals surface area contributed by atoms with Gasteiger partial charge in [0.15, 0.2) is 0 Å². The normalized spacial score (nSPS) is 12.8. The monoisotopic (exact) mass is 285 g/mol. The van der Waals surface area contributed by atoms with Crippen LogP contribution in [0.2, 0.25) is 0 Å². The molecular formula is C10H9BrFN3O. The lowest BCUT2D eigenvalue weighted by Gasteiger charge is -1.97. The van der Waals surface area contributed by atoms with E-state index in [1.54, 1.807) is 19.1 Å². The number of halogens is 2. The maximum Gasteiger partial charge on any atom is 0.243 e. The van der Waals surface area contributed by atoms with Gasteiger partial charge < -0.3 is 10.3 Å². The molecule has 0 saturated heterocycles. The Morgan fingerprint density at radius 2 is 2.25 bits per heavy atom. The third-order valence-electron chi connectivity index (χ3n) is 2.01. The molecule has 4 nitrogen and oxygen atoms in total. The number of aromatic nitrogens is 2. The summed E-state index contributed by atoms with van der Waals surface area (Å²) in [5.74, 6) is 0.420. The van der Waals surface area contributed by atoms with E-state index in [1.807, 2.05) is 0 Å². The van der Waals surface area contributed by atoms with Crippen LogP contribution in [0.1, 0.15) is 18.9 Å². The Hall–Kier alpha value is -1.27. The van der Waals surface area contributed by atoms with Crippen molar-refractivity contribution in [1.82, 2.24) is 10.1 Å². The Bertz CT molecular complexity index is 513. The summed E-state index contributed by atoms with van der Waals surface area (Å²) >= 11 is 3.09. The van der Waals surface area contributed by atoms with Crippen molar-refractivity contribution in [1.29, 1.82) is 0 Å². The molecule has 0 aliphatic carbocycles. The summed E-state index contributed by atoms with van der Waals surface area (Å²) in [7, 11) is 0. The summed E-state index contributed by atoms with van der Waals surface area (Å²) in [4.78, 5) is 4.10. The fourth-order valence-corrected chi connectivity index (χ4v) is 1.55. The zero-order valence-corrected chi connectivity index (χ0v) is 10.0. The van der Waals surface area contributed by atoms with Gasteiger partial charge in [-0.2, -0.15) is 4.98 Å². The van der Waals surface area contributed by atoms with Crippen LogP contribution in [0.15, 0.2) is 27.2 Å². The lowest BCUT2D eigenvalue weighted by Crippen LogP contribution is -2.04. The van der Waals surface area contributed by atoms with E-state index < -0.39 is 0 Å². The minimum absolute atomic E-state index is 0.315. The molecule has 0 spiro atoms. The van der Waals surface area contributed by atoms with Gasteiger partial charge in [0.25, 0.3) is 0 Å². The molecular weight excluding hydrogens is 277 g/mol. The second-order valence-corrected chi connectivity index (χ2v) is 4.23. The predicted octanol–water partition coefficient (Wildman–Crippen LogP) is 2.66. The predicted molar refractivity (Wildman–Crippen MR) is 60.0 cm³/mol. The summed E-state index contributed by atoms with van der Waals surface area (Å²) in [6.45, 7) is 1.75. The van der Waals surface area contributed by atoms with Crippen LogP contribution in [0, 0.1) is 5.82 Å². The minimum Gasteiger partial charge on any atom is -0.337 e. The number of benzene rings is 1. The quantitative estimate of drug-likeness (QED) is 0.921. The van der Waals surface area contributed by atoms with Crippen molar-refractivity contribution in [2.45, 2.75) is 13.0 Å². The highest BCUT2D eigenvalue weighted by Gasteiger charge is 2.12. The average Bonchev–Trinajstić information content (AvgIpc) is 2.71. The van der Waals surface area contributed by atoms with Gasteiger partial charge in [0.1, 0.15) is 5.82 Å². The molecule has 1 heterocycles. The molecule has 0 fully saturated rings. The first-order valence-electron chi connectivity index (χ1n) is 4.62. The van der Waals surface area contributed by atoms with Gasteiger partial charge in [-0.25, -0.2) is 4.39 Å². The smallest absolute Gasteiger partial charge is 0.243 e. The van der Waals surface area contributed by atoms with Crippen molar-refractivity contribution < 1.29 is 8.91 Å². The highest BCUT2D eigenvalue weighted by Crippen LogP contribution is 2.23. The summed E-state index contributed by atoms with van der Waals surface area (Å²) < 4.78 is 18.3. The van der Waals surface area contributed by atoms with E-state index in [1.165, 1.54) is 6.07 Å². The third kappa shape index (κ3) is 2.12. The van der Waals surface area contributed by atoms with Gasteiger partial charge in [0.05, 0.1) is 10.5 Å². The fourth-order valence-electron chi connectivity index (χ4n) is 1.17. The van der Waals surface area contributed by atoms with Crippen LogP contribution in [-0.2, 0) is 0 Å². The molecule has 0 saturated carbocycles. The molecule has 1 aromatic carbocycles. The van der Waals surface area contributed by atoms with E-state index in [2.05, 4.69) is 26.1 Å². The molecule has 0 aliphatic heterocycles. The standard InChI is InChI=1S/C10H9BrFN3O/c1-5(13)10-14-9(15-16-10)6-2-3-8(12)7(11)4-6/h2-5H,13H2,1H3/t5-/m0/s1. The van der Waals surface area contributed by atoms with Crippen LogP contribution in [0.4, 0.5) is 4.39 Å². The van der Waals surface area contributed by atoms with E-state index in [4.69, 9.17) is 10.3 Å². The Morgan fingerprint density at radius 3 is 2.81 bits per heavy atom. The molecule has 0 aliphatic rings. The van der Waals surface area contributed by atoms with Gasteiger partial charge in [-0.3, -0.25) is 0 Å². The van der Waals surface area contributed by atoms with E-state index in [0.29, 0.717) is 21.8 Å². The molecule has 84 valence electrons. The first-order valence-corrected chi connectivity index (χ1v) is 5.42. The van der Waals surface area contributed by atoms with E-state index in [0.717, 1.165) is 0 Å². The molecule has 6 heteroatoms. The minimum atomic E-state index is -0.334. The molecule has 1 atom stereocenters. The third-order valence-corrected chi connectivity index (χ3v) is 2.62. The van der Waals surface area contributed by atoms with Crippen molar-refractivity contribution >= 4 is 15.9 Å². The molecule has 2 N–H and O–H groups in total. The van der Waals surface area contributed by atoms with E-state index >= 15 is 0 Å². The van der Waals surface area contributed by atoms with Gasteiger partial charge in [-0.15, -0.1) is 0 Å². The van der Waals surface area contributed by atoms with Crippen LogP contribution in [-0.4, -0.2) is 10.1 Å². The molecule has 2 rings (SSSR count). The van der Waals surface area contributed by atoms with Crippen molar-refractivity contribution in [2.24, 2.45) is 5.73 Å². The number of hydrogen-bond acceptors (Lipinski definition) is 4. The lowest BCUT2D eigenvalue weighted by molar-refractivity contribution is 0.362. The summed E-state index contributed by atoms with van der Waals surface area (Å²) in [6, 6.07) is 4.19. The number of nitrogens with two attached hydrogens (primary N) is 1. The van der Waals surface area contributed by atoms with Crippen molar-refractivity contribution in [3.05, 3.63) is 34.4 Å². The molecule has 0 amide bonds. The van der Waals surface area contributed by atoms with Crippen LogP contribution in [0.5, 0.6) is 0 Å². The molecule has 2 aromatic rings. The zero-order chi connectivity index (χ0) is 11.7. The number of hydrogen-bond donors (Lipinski definition) is 1. The first-order chi connectivity index (χ1) is 7.58. The van der Waals surface area contributed by atoms with Gasteiger partial charge in [0.2, 0.25) is 11.7 Å². The number of nitrogens with zero attached hydrogens (tertiary/aromatic N) is 2. The van der Waals surface area contributed by atoms with Crippen molar-refractivity contribution in [3.63, 3.8) is 0 Å². The zero-order valence-electron chi connectivity index (χ0n) is 8.45. The lowest BCUT2D eigenvalue weighted by atomic mass is 10.2. The summed E-state index contributed by atoms with van der Waals surface area (Å²) in [5.41, 5.74) is 6.26. The topological polar surface area (TPSA) is 64.9 Å². The Kier molecular flexibility index (Phi) is 3.02. The van der Waals surface area contributed by atoms with Crippen molar-refractivity contribution in [3.8, 4) is 11.4 Å². The molecule has 0 bridgehead atoms. The maximum atomic E-state index is 13.0. The molecule has 1 aromatic heterocycles. The highest BCUT2D eigenvalue weighted by molar-refractivity contribution is 9.10. The molecule has 16 heavy (non-hydrogen) atoms. The highest BCUT2D eigenvalue weighted by atomic mass is 79.9.